The summed E-state index contributed by atoms with van der Waals surface area (Å²) in [6.45, 7) is 0.790. The van der Waals surface area contributed by atoms with Gasteiger partial charge in [0.05, 0.1) is 6.26 Å². The zero-order valence-electron chi connectivity index (χ0n) is 14.5. The molecule has 3 heterocycles. The predicted octanol–water partition coefficient (Wildman–Crippen LogP) is 1.33. The number of furan rings is 2. The molecule has 0 aromatic carbocycles. The number of aromatic carboxylic acids is 1. The number of carboxylic acids is 1. The molecule has 27 heavy (non-hydrogen) atoms. The van der Waals surface area contributed by atoms with Gasteiger partial charge in [-0.05, 0) is 37.1 Å². The fraction of sp³-hybridized carbons (Fsp3) is 0.412. The summed E-state index contributed by atoms with van der Waals surface area (Å²) in [6, 6.07) is 5.85. The maximum Gasteiger partial charge on any atom is 0.371 e. The van der Waals surface area contributed by atoms with Crippen LogP contribution in [0.1, 0.15) is 29.2 Å². The predicted molar refractivity (Wildman–Crippen MR) is 92.6 cm³/mol. The maximum absolute atomic E-state index is 12.5. The highest BCUT2D eigenvalue weighted by molar-refractivity contribution is 7.89. The maximum atomic E-state index is 12.5. The Morgan fingerprint density at radius 2 is 1.96 bits per heavy atom. The van der Waals surface area contributed by atoms with Gasteiger partial charge in [0, 0.05) is 32.0 Å². The van der Waals surface area contributed by atoms with Crippen molar-refractivity contribution in [1.82, 2.24) is 9.62 Å². The Kier molecular flexibility index (Phi) is 5.66. The molecule has 1 saturated heterocycles. The lowest BCUT2D eigenvalue weighted by Gasteiger charge is -2.29. The molecule has 0 bridgehead atoms. The molecule has 146 valence electrons. The summed E-state index contributed by atoms with van der Waals surface area (Å²) in [7, 11) is -3.91. The molecule has 0 atom stereocenters. The smallest absolute Gasteiger partial charge is 0.371 e. The topological polar surface area (TPSA) is 130 Å². The molecular formula is C17H20N2O7S. The normalized spacial score (nSPS) is 16.3. The van der Waals surface area contributed by atoms with Gasteiger partial charge in [-0.15, -0.1) is 0 Å². The summed E-state index contributed by atoms with van der Waals surface area (Å²) in [6.07, 6.45) is 2.94. The number of amides is 1. The first-order chi connectivity index (χ1) is 12.9. The van der Waals surface area contributed by atoms with E-state index in [1.807, 2.05) is 6.07 Å². The number of carbonyl (C=O) groups excluding carboxylic acids is 1. The second-order valence-corrected chi connectivity index (χ2v) is 8.09. The standard InChI is InChI=1S/C17H20N2O7S/c20-16(18-8-5-13-2-1-11-25-13)12-6-9-19(10-7-12)27(23,24)15-4-3-14(26-15)17(21)22/h1-4,11-12H,5-10H2,(H,18,20)(H,21,22). The molecular weight excluding hydrogens is 376 g/mol. The summed E-state index contributed by atoms with van der Waals surface area (Å²) >= 11 is 0. The van der Waals surface area contributed by atoms with E-state index >= 15 is 0 Å². The molecule has 0 unspecified atom stereocenters. The fourth-order valence-corrected chi connectivity index (χ4v) is 4.35. The largest absolute Gasteiger partial charge is 0.475 e. The Morgan fingerprint density at radius 1 is 1.22 bits per heavy atom. The fourth-order valence-electron chi connectivity index (χ4n) is 2.97. The third-order valence-corrected chi connectivity index (χ3v) is 6.23. The Morgan fingerprint density at radius 3 is 2.56 bits per heavy atom. The highest BCUT2D eigenvalue weighted by Crippen LogP contribution is 2.25. The second kappa shape index (κ2) is 7.97. The lowest BCUT2D eigenvalue weighted by molar-refractivity contribution is -0.126. The first-order valence-electron chi connectivity index (χ1n) is 8.51. The van der Waals surface area contributed by atoms with Gasteiger partial charge in [-0.3, -0.25) is 4.79 Å². The van der Waals surface area contributed by atoms with Gasteiger partial charge in [0.25, 0.3) is 10.0 Å². The van der Waals surface area contributed by atoms with Crippen molar-refractivity contribution in [1.29, 1.82) is 0 Å². The number of rotatable bonds is 7. The van der Waals surface area contributed by atoms with Crippen LogP contribution in [-0.2, 0) is 21.2 Å². The van der Waals surface area contributed by atoms with E-state index in [-0.39, 0.29) is 24.9 Å². The lowest BCUT2D eigenvalue weighted by Crippen LogP contribution is -2.43. The second-order valence-electron chi connectivity index (χ2n) is 6.22. The molecule has 2 N–H and O–H groups in total. The van der Waals surface area contributed by atoms with E-state index in [0.29, 0.717) is 25.8 Å². The highest BCUT2D eigenvalue weighted by Gasteiger charge is 2.34. The number of carbonyl (C=O) groups is 2. The van der Waals surface area contributed by atoms with Crippen LogP contribution in [0.3, 0.4) is 0 Å². The van der Waals surface area contributed by atoms with Crippen LogP contribution in [0.15, 0.2) is 44.5 Å². The van der Waals surface area contributed by atoms with Gasteiger partial charge >= 0.3 is 5.97 Å². The third kappa shape index (κ3) is 4.40. The van der Waals surface area contributed by atoms with Gasteiger partial charge in [-0.2, -0.15) is 4.31 Å². The van der Waals surface area contributed by atoms with Crippen LogP contribution in [0.25, 0.3) is 0 Å². The molecule has 1 fully saturated rings. The molecule has 3 rings (SSSR count). The van der Waals surface area contributed by atoms with E-state index in [1.54, 1.807) is 12.3 Å². The number of piperidine rings is 1. The van der Waals surface area contributed by atoms with Crippen LogP contribution in [0, 0.1) is 5.92 Å². The SMILES string of the molecule is O=C(O)c1ccc(S(=O)(=O)N2CCC(C(=O)NCCc3ccco3)CC2)o1. The van der Waals surface area contributed by atoms with Crippen molar-refractivity contribution in [3.63, 3.8) is 0 Å². The first-order valence-corrected chi connectivity index (χ1v) is 9.95. The first kappa shape index (κ1) is 19.2. The van der Waals surface area contributed by atoms with Crippen molar-refractivity contribution in [2.24, 2.45) is 5.92 Å². The molecule has 9 nitrogen and oxygen atoms in total. The Labute approximate surface area is 156 Å². The Bertz CT molecular complexity index is 894. The lowest BCUT2D eigenvalue weighted by atomic mass is 9.97. The van der Waals surface area contributed by atoms with E-state index in [2.05, 4.69) is 5.32 Å². The monoisotopic (exact) mass is 396 g/mol. The highest BCUT2D eigenvalue weighted by atomic mass is 32.2. The number of sulfonamides is 1. The van der Waals surface area contributed by atoms with Crippen molar-refractivity contribution in [2.75, 3.05) is 19.6 Å². The molecule has 0 aliphatic carbocycles. The van der Waals surface area contributed by atoms with Gasteiger partial charge < -0.3 is 19.3 Å². The quantitative estimate of drug-likeness (QED) is 0.722. The minimum atomic E-state index is -3.91. The van der Waals surface area contributed by atoms with Crippen LogP contribution in [-0.4, -0.2) is 49.3 Å². The molecule has 0 saturated carbocycles. The molecule has 1 amide bonds. The van der Waals surface area contributed by atoms with E-state index in [4.69, 9.17) is 13.9 Å². The number of nitrogens with zero attached hydrogens (tertiary/aromatic N) is 1. The Hall–Kier alpha value is -2.59. The zero-order chi connectivity index (χ0) is 19.4. The van der Waals surface area contributed by atoms with Gasteiger partial charge in [-0.25, -0.2) is 13.2 Å². The molecule has 2 aromatic rings. The minimum Gasteiger partial charge on any atom is -0.475 e. The van der Waals surface area contributed by atoms with E-state index in [9.17, 15) is 18.0 Å². The molecule has 0 radical (unpaired) electrons. The zero-order valence-corrected chi connectivity index (χ0v) is 15.3. The summed E-state index contributed by atoms with van der Waals surface area (Å²) in [4.78, 5) is 23.1. The van der Waals surface area contributed by atoms with Crippen LogP contribution >= 0.6 is 0 Å². The van der Waals surface area contributed by atoms with Gasteiger partial charge in [0.2, 0.25) is 16.8 Å². The van der Waals surface area contributed by atoms with Gasteiger partial charge in [0.15, 0.2) is 0 Å². The molecule has 2 aromatic heterocycles. The van der Waals surface area contributed by atoms with Gasteiger partial charge in [-0.1, -0.05) is 0 Å². The number of hydrogen-bond acceptors (Lipinski definition) is 6. The summed E-state index contributed by atoms with van der Waals surface area (Å²) < 4.78 is 36.4. The van der Waals surface area contributed by atoms with Gasteiger partial charge in [0.1, 0.15) is 5.76 Å². The van der Waals surface area contributed by atoms with Crippen molar-refractivity contribution in [3.05, 3.63) is 42.0 Å². The number of nitrogens with one attached hydrogen (secondary N) is 1. The van der Waals surface area contributed by atoms with Crippen molar-refractivity contribution in [3.8, 4) is 0 Å². The average molecular weight is 396 g/mol. The molecule has 1 aliphatic rings. The van der Waals surface area contributed by atoms with E-state index in [1.165, 1.54) is 4.31 Å². The average Bonchev–Trinajstić information content (AvgIpc) is 3.34. The van der Waals surface area contributed by atoms with Crippen LogP contribution in [0.4, 0.5) is 0 Å². The van der Waals surface area contributed by atoms with Crippen molar-refractivity contribution >= 4 is 21.9 Å². The van der Waals surface area contributed by atoms with Crippen LogP contribution in [0.5, 0.6) is 0 Å². The molecule has 0 spiro atoms. The summed E-state index contributed by atoms with van der Waals surface area (Å²) in [5.41, 5.74) is 0. The molecule has 10 heteroatoms. The van der Waals surface area contributed by atoms with Crippen LogP contribution in [0.2, 0.25) is 0 Å². The summed E-state index contributed by atoms with van der Waals surface area (Å²) in [5.74, 6) is -1.35. The number of carboxylic acid groups (broad SMARTS) is 1. The number of hydrogen-bond donors (Lipinski definition) is 2. The van der Waals surface area contributed by atoms with Crippen molar-refractivity contribution in [2.45, 2.75) is 24.4 Å². The molecule has 1 aliphatic heterocycles. The summed E-state index contributed by atoms with van der Waals surface area (Å²) in [5, 5.41) is 11.3. The third-order valence-electron chi connectivity index (χ3n) is 4.46. The van der Waals surface area contributed by atoms with E-state index in [0.717, 1.165) is 17.9 Å². The Balaban J connectivity index is 1.51. The van der Waals surface area contributed by atoms with E-state index < -0.39 is 26.8 Å². The minimum absolute atomic E-state index is 0.107. The van der Waals surface area contributed by atoms with Crippen LogP contribution < -0.4 is 5.32 Å². The van der Waals surface area contributed by atoms with Crippen molar-refractivity contribution < 1.29 is 31.9 Å².